The number of aromatic nitrogens is 5. The fraction of sp³-hybridized carbons (Fsp3) is 0. The van der Waals surface area contributed by atoms with Gasteiger partial charge in [0.15, 0.2) is 0 Å². The summed E-state index contributed by atoms with van der Waals surface area (Å²) in [6.45, 7) is 0. The predicted octanol–water partition coefficient (Wildman–Crippen LogP) is 4.22. The van der Waals surface area contributed by atoms with E-state index in [1.165, 1.54) is 0 Å². The van der Waals surface area contributed by atoms with E-state index >= 15 is 0 Å². The second-order valence-electron chi connectivity index (χ2n) is 6.69. The van der Waals surface area contributed by atoms with Gasteiger partial charge >= 0.3 is 0 Å². The van der Waals surface area contributed by atoms with Crippen molar-refractivity contribution < 1.29 is 0 Å². The highest BCUT2D eigenvalue weighted by Gasteiger charge is 2.13. The van der Waals surface area contributed by atoms with E-state index in [9.17, 15) is 5.26 Å². The minimum atomic E-state index is 0.506. The van der Waals surface area contributed by atoms with Gasteiger partial charge in [0, 0.05) is 17.3 Å². The van der Waals surface area contributed by atoms with Crippen LogP contribution in [0.5, 0.6) is 0 Å². The highest BCUT2D eigenvalue weighted by molar-refractivity contribution is 5.87. The van der Waals surface area contributed by atoms with Crippen molar-refractivity contribution in [3.05, 3.63) is 84.4 Å². The molecule has 0 saturated heterocycles. The first-order chi connectivity index (χ1) is 14.8. The minimum absolute atomic E-state index is 0.506. The van der Waals surface area contributed by atoms with Crippen LogP contribution in [0.1, 0.15) is 11.1 Å². The zero-order valence-electron chi connectivity index (χ0n) is 15.6. The molecule has 0 atom stereocenters. The lowest BCUT2D eigenvalue weighted by atomic mass is 10.0. The highest BCUT2D eigenvalue weighted by atomic mass is 15.1. The Morgan fingerprint density at radius 2 is 1.73 bits per heavy atom. The predicted molar refractivity (Wildman–Crippen MR) is 111 cm³/mol. The Labute approximate surface area is 171 Å². The molecule has 5 aromatic rings. The maximum atomic E-state index is 9.20. The maximum Gasteiger partial charge on any atom is 0.138 e. The monoisotopic (exact) mass is 387 g/mol. The standard InChI is InChI=1S/C23H13N7/c24-10-15-2-1-3-18(8-15)23-19(13-28-29-23)17-5-6-20-21(9-17)30(14-27-20)22-7-4-16(11-25)12-26-22/h1-9,12-14H,(H,28,29). The van der Waals surface area contributed by atoms with Crippen LogP contribution in [0.2, 0.25) is 0 Å². The average molecular weight is 387 g/mol. The number of H-pyrrole nitrogens is 1. The van der Waals surface area contributed by atoms with Gasteiger partial charge < -0.3 is 0 Å². The average Bonchev–Trinajstić information content (AvgIpc) is 3.46. The molecule has 0 aliphatic carbocycles. The number of benzene rings is 2. The van der Waals surface area contributed by atoms with Crippen LogP contribution in [0.3, 0.4) is 0 Å². The fourth-order valence-corrected chi connectivity index (χ4v) is 3.42. The van der Waals surface area contributed by atoms with Crippen LogP contribution in [0.15, 0.2) is 73.3 Å². The first-order valence-corrected chi connectivity index (χ1v) is 9.15. The zero-order chi connectivity index (χ0) is 20.5. The Bertz CT molecular complexity index is 1460. The molecule has 0 unspecified atom stereocenters. The highest BCUT2D eigenvalue weighted by Crippen LogP contribution is 2.32. The van der Waals surface area contributed by atoms with Crippen molar-refractivity contribution in [1.82, 2.24) is 24.7 Å². The van der Waals surface area contributed by atoms with E-state index in [2.05, 4.69) is 32.3 Å². The molecule has 140 valence electrons. The van der Waals surface area contributed by atoms with E-state index in [1.54, 1.807) is 36.9 Å². The molecule has 0 fully saturated rings. The molecular weight excluding hydrogens is 374 g/mol. The number of hydrogen-bond donors (Lipinski definition) is 1. The normalized spacial score (nSPS) is 10.6. The molecule has 3 aromatic heterocycles. The van der Waals surface area contributed by atoms with Crippen LogP contribution >= 0.6 is 0 Å². The SMILES string of the molecule is N#Cc1ccc(-n2cnc3ccc(-c4cn[nH]c4-c4cccc(C#N)c4)cc32)nc1. The van der Waals surface area contributed by atoms with Crippen LogP contribution in [0, 0.1) is 22.7 Å². The van der Waals surface area contributed by atoms with E-state index in [-0.39, 0.29) is 0 Å². The second-order valence-corrected chi connectivity index (χ2v) is 6.69. The number of hydrogen-bond acceptors (Lipinski definition) is 5. The van der Waals surface area contributed by atoms with E-state index in [0.29, 0.717) is 16.9 Å². The lowest BCUT2D eigenvalue weighted by molar-refractivity contribution is 1.02. The summed E-state index contributed by atoms with van der Waals surface area (Å²) in [4.78, 5) is 8.83. The van der Waals surface area contributed by atoms with E-state index in [4.69, 9.17) is 5.26 Å². The molecule has 0 saturated carbocycles. The Hall–Kier alpha value is -4.75. The second kappa shape index (κ2) is 7.01. The Morgan fingerprint density at radius 3 is 2.53 bits per heavy atom. The summed E-state index contributed by atoms with van der Waals surface area (Å²) in [5, 5.41) is 25.5. The molecule has 0 aliphatic rings. The smallest absolute Gasteiger partial charge is 0.138 e. The van der Waals surface area contributed by atoms with Crippen molar-refractivity contribution in [1.29, 1.82) is 10.5 Å². The molecular formula is C23H13N7. The number of pyridine rings is 1. The molecule has 7 nitrogen and oxygen atoms in total. The van der Waals surface area contributed by atoms with Gasteiger partial charge in [-0.3, -0.25) is 9.67 Å². The maximum absolute atomic E-state index is 9.20. The molecule has 0 aliphatic heterocycles. The topological polar surface area (TPSA) is 107 Å². The van der Waals surface area contributed by atoms with Gasteiger partial charge in [-0.15, -0.1) is 0 Å². The van der Waals surface area contributed by atoms with Gasteiger partial charge in [-0.1, -0.05) is 18.2 Å². The Balaban J connectivity index is 1.62. The molecule has 30 heavy (non-hydrogen) atoms. The molecule has 7 heteroatoms. The lowest BCUT2D eigenvalue weighted by Gasteiger charge is -2.07. The number of nitrogens with one attached hydrogen (secondary N) is 1. The van der Waals surface area contributed by atoms with Gasteiger partial charge in [-0.25, -0.2) is 9.97 Å². The number of imidazole rings is 1. The number of nitrogens with zero attached hydrogens (tertiary/aromatic N) is 6. The van der Waals surface area contributed by atoms with E-state index < -0.39 is 0 Å². The molecule has 3 heterocycles. The van der Waals surface area contributed by atoms with E-state index in [1.807, 2.05) is 41.0 Å². The molecule has 0 amide bonds. The summed E-state index contributed by atoms with van der Waals surface area (Å²) < 4.78 is 1.88. The van der Waals surface area contributed by atoms with E-state index in [0.717, 1.165) is 33.4 Å². The number of nitriles is 2. The summed E-state index contributed by atoms with van der Waals surface area (Å²) in [6.07, 6.45) is 5.03. The van der Waals surface area contributed by atoms with Gasteiger partial charge in [-0.2, -0.15) is 15.6 Å². The molecule has 0 radical (unpaired) electrons. The molecule has 5 rings (SSSR count). The summed E-state index contributed by atoms with van der Waals surface area (Å²) in [5.41, 5.74) is 6.44. The number of fused-ring (bicyclic) bond motifs is 1. The Kier molecular flexibility index (Phi) is 4.05. The van der Waals surface area contributed by atoms with Gasteiger partial charge in [0.25, 0.3) is 0 Å². The molecule has 2 aromatic carbocycles. The third kappa shape index (κ3) is 2.88. The van der Waals surface area contributed by atoms with Crippen LogP contribution in [0.4, 0.5) is 0 Å². The van der Waals surface area contributed by atoms with Crippen molar-refractivity contribution in [3.63, 3.8) is 0 Å². The van der Waals surface area contributed by atoms with Gasteiger partial charge in [-0.05, 0) is 42.0 Å². The van der Waals surface area contributed by atoms with Crippen molar-refractivity contribution >= 4 is 11.0 Å². The quantitative estimate of drug-likeness (QED) is 0.499. The summed E-state index contributed by atoms with van der Waals surface area (Å²) in [6, 6.07) is 21.2. The first-order valence-electron chi connectivity index (χ1n) is 9.15. The van der Waals surface area contributed by atoms with Crippen molar-refractivity contribution in [2.75, 3.05) is 0 Å². The van der Waals surface area contributed by atoms with Crippen LogP contribution < -0.4 is 0 Å². The summed E-state index contributed by atoms with van der Waals surface area (Å²) in [5.74, 6) is 0.683. The number of rotatable bonds is 3. The van der Waals surface area contributed by atoms with Crippen molar-refractivity contribution in [2.24, 2.45) is 0 Å². The van der Waals surface area contributed by atoms with Gasteiger partial charge in [0.05, 0.1) is 40.1 Å². The van der Waals surface area contributed by atoms with Crippen LogP contribution in [-0.2, 0) is 0 Å². The molecule has 1 N–H and O–H groups in total. The minimum Gasteiger partial charge on any atom is -0.283 e. The van der Waals surface area contributed by atoms with Gasteiger partial charge in [0.2, 0.25) is 0 Å². The first kappa shape index (κ1) is 17.4. The third-order valence-electron chi connectivity index (χ3n) is 4.90. The summed E-state index contributed by atoms with van der Waals surface area (Å²) >= 11 is 0. The third-order valence-corrected chi connectivity index (χ3v) is 4.90. The molecule has 0 bridgehead atoms. The van der Waals surface area contributed by atoms with Crippen molar-refractivity contribution in [3.8, 4) is 40.3 Å². The largest absolute Gasteiger partial charge is 0.283 e. The zero-order valence-corrected chi connectivity index (χ0v) is 15.6. The number of aromatic amines is 1. The fourth-order valence-electron chi connectivity index (χ4n) is 3.42. The molecule has 0 spiro atoms. The Morgan fingerprint density at radius 1 is 0.833 bits per heavy atom. The van der Waals surface area contributed by atoms with Crippen molar-refractivity contribution in [2.45, 2.75) is 0 Å². The van der Waals surface area contributed by atoms with Gasteiger partial charge in [0.1, 0.15) is 18.2 Å². The lowest BCUT2D eigenvalue weighted by Crippen LogP contribution is -1.96. The summed E-state index contributed by atoms with van der Waals surface area (Å²) in [7, 11) is 0. The van der Waals surface area contributed by atoms with Crippen LogP contribution in [-0.4, -0.2) is 24.7 Å². The van der Waals surface area contributed by atoms with Crippen LogP contribution in [0.25, 0.3) is 39.2 Å².